The standard InChI is InChI=1S/C14H24N2S3/c1-9-10(2)18-12(8-17-9)13-15-6-11(19-13)7-16-14(3,4)5/h6,9-10,12,16H,7-8H2,1-5H3. The molecule has 0 aromatic carbocycles. The van der Waals surface area contributed by atoms with E-state index in [9.17, 15) is 0 Å². The van der Waals surface area contributed by atoms with Gasteiger partial charge in [-0.3, -0.25) is 0 Å². The highest BCUT2D eigenvalue weighted by Crippen LogP contribution is 2.45. The Labute approximate surface area is 129 Å². The summed E-state index contributed by atoms with van der Waals surface area (Å²) in [5.74, 6) is 1.20. The van der Waals surface area contributed by atoms with Gasteiger partial charge >= 0.3 is 0 Å². The molecular formula is C14H24N2S3. The Morgan fingerprint density at radius 3 is 2.68 bits per heavy atom. The van der Waals surface area contributed by atoms with Crippen molar-refractivity contribution in [3.63, 3.8) is 0 Å². The van der Waals surface area contributed by atoms with Gasteiger partial charge in [0.05, 0.1) is 5.25 Å². The molecule has 0 radical (unpaired) electrons. The van der Waals surface area contributed by atoms with Crippen molar-refractivity contribution in [2.75, 3.05) is 5.75 Å². The maximum atomic E-state index is 4.64. The molecule has 0 bridgehead atoms. The van der Waals surface area contributed by atoms with Crippen LogP contribution in [0, 0.1) is 0 Å². The lowest BCUT2D eigenvalue weighted by Gasteiger charge is -2.30. The summed E-state index contributed by atoms with van der Waals surface area (Å²) in [6, 6.07) is 0. The van der Waals surface area contributed by atoms with Crippen molar-refractivity contribution in [1.82, 2.24) is 10.3 Å². The summed E-state index contributed by atoms with van der Waals surface area (Å²) in [4.78, 5) is 5.99. The number of thiazole rings is 1. The van der Waals surface area contributed by atoms with Crippen molar-refractivity contribution in [1.29, 1.82) is 0 Å². The van der Waals surface area contributed by atoms with Gasteiger partial charge in [0.2, 0.25) is 0 Å². The van der Waals surface area contributed by atoms with Crippen LogP contribution < -0.4 is 5.32 Å². The smallest absolute Gasteiger partial charge is 0.107 e. The molecule has 0 aliphatic carbocycles. The van der Waals surface area contributed by atoms with Crippen LogP contribution in [0.2, 0.25) is 0 Å². The average molecular weight is 317 g/mol. The van der Waals surface area contributed by atoms with Gasteiger partial charge in [0.15, 0.2) is 0 Å². The van der Waals surface area contributed by atoms with E-state index in [-0.39, 0.29) is 5.54 Å². The SMILES string of the molecule is CC1SCC(c2ncc(CNC(C)(C)C)s2)SC1C. The summed E-state index contributed by atoms with van der Waals surface area (Å²) in [6.45, 7) is 12.2. The first-order valence-electron chi connectivity index (χ1n) is 6.82. The molecule has 1 N–H and O–H groups in total. The normalized spacial score (nSPS) is 28.6. The summed E-state index contributed by atoms with van der Waals surface area (Å²) in [5, 5.41) is 6.92. The lowest BCUT2D eigenvalue weighted by molar-refractivity contribution is 0.426. The van der Waals surface area contributed by atoms with Gasteiger partial charge in [0.1, 0.15) is 5.01 Å². The first kappa shape index (κ1) is 15.7. The van der Waals surface area contributed by atoms with Gasteiger partial charge in [0.25, 0.3) is 0 Å². The van der Waals surface area contributed by atoms with E-state index in [1.807, 2.05) is 17.5 Å². The monoisotopic (exact) mass is 316 g/mol. The fourth-order valence-corrected chi connectivity index (χ4v) is 5.88. The molecule has 1 aliphatic rings. The van der Waals surface area contributed by atoms with Crippen molar-refractivity contribution in [2.24, 2.45) is 0 Å². The molecule has 19 heavy (non-hydrogen) atoms. The number of hydrogen-bond donors (Lipinski definition) is 1. The predicted molar refractivity (Wildman–Crippen MR) is 90.4 cm³/mol. The maximum Gasteiger partial charge on any atom is 0.107 e. The molecule has 3 atom stereocenters. The molecule has 0 amide bonds. The van der Waals surface area contributed by atoms with E-state index in [4.69, 9.17) is 0 Å². The second-order valence-corrected chi connectivity index (χ2v) is 10.3. The molecule has 2 rings (SSSR count). The van der Waals surface area contributed by atoms with E-state index in [1.54, 1.807) is 0 Å². The van der Waals surface area contributed by atoms with Crippen LogP contribution in [-0.4, -0.2) is 26.8 Å². The van der Waals surface area contributed by atoms with Crippen LogP contribution in [0.5, 0.6) is 0 Å². The molecule has 0 saturated carbocycles. The minimum atomic E-state index is 0.170. The van der Waals surface area contributed by atoms with E-state index >= 15 is 0 Å². The van der Waals surface area contributed by atoms with Gasteiger partial charge in [-0.05, 0) is 20.8 Å². The third-order valence-corrected chi connectivity index (χ3v) is 7.85. The minimum absolute atomic E-state index is 0.170. The zero-order valence-corrected chi connectivity index (χ0v) is 14.8. The molecule has 108 valence electrons. The van der Waals surface area contributed by atoms with E-state index in [2.05, 4.69) is 68.4 Å². The van der Waals surface area contributed by atoms with Gasteiger partial charge in [-0.25, -0.2) is 4.98 Å². The van der Waals surface area contributed by atoms with Crippen LogP contribution >= 0.6 is 34.9 Å². The number of hydrogen-bond acceptors (Lipinski definition) is 5. The van der Waals surface area contributed by atoms with Crippen LogP contribution in [0.3, 0.4) is 0 Å². The highest BCUT2D eigenvalue weighted by molar-refractivity contribution is 8.07. The van der Waals surface area contributed by atoms with Crippen LogP contribution in [0.25, 0.3) is 0 Å². The highest BCUT2D eigenvalue weighted by atomic mass is 32.2. The Balaban J connectivity index is 1.93. The van der Waals surface area contributed by atoms with E-state index in [0.717, 1.165) is 17.0 Å². The topological polar surface area (TPSA) is 24.9 Å². The molecule has 2 heterocycles. The molecule has 1 aromatic rings. The number of nitrogens with one attached hydrogen (secondary N) is 1. The van der Waals surface area contributed by atoms with Crippen molar-refractivity contribution >= 4 is 34.9 Å². The molecule has 1 fully saturated rings. The quantitative estimate of drug-likeness (QED) is 0.897. The summed E-state index contributed by atoms with van der Waals surface area (Å²) in [5.41, 5.74) is 0.170. The molecule has 5 heteroatoms. The zero-order chi connectivity index (χ0) is 14.0. The Bertz CT molecular complexity index is 411. The van der Waals surface area contributed by atoms with Crippen molar-refractivity contribution in [3.8, 4) is 0 Å². The first-order valence-corrected chi connectivity index (χ1v) is 9.62. The maximum absolute atomic E-state index is 4.64. The lowest BCUT2D eigenvalue weighted by Crippen LogP contribution is -2.34. The molecule has 1 saturated heterocycles. The van der Waals surface area contributed by atoms with Gasteiger partial charge in [0, 0.05) is 39.4 Å². The second-order valence-electron chi connectivity index (χ2n) is 6.14. The molecule has 0 spiro atoms. The van der Waals surface area contributed by atoms with Crippen molar-refractivity contribution in [2.45, 2.75) is 62.5 Å². The third kappa shape index (κ3) is 4.66. The summed E-state index contributed by atoms with van der Waals surface area (Å²) in [7, 11) is 0. The van der Waals surface area contributed by atoms with E-state index in [1.165, 1.54) is 15.6 Å². The first-order chi connectivity index (χ1) is 8.85. The van der Waals surface area contributed by atoms with Crippen molar-refractivity contribution < 1.29 is 0 Å². The highest BCUT2D eigenvalue weighted by Gasteiger charge is 2.28. The largest absolute Gasteiger partial charge is 0.307 e. The van der Waals surface area contributed by atoms with Gasteiger partial charge in [-0.2, -0.15) is 11.8 Å². The number of rotatable bonds is 3. The Kier molecular flexibility index (Phi) is 5.26. The minimum Gasteiger partial charge on any atom is -0.307 e. The number of thioether (sulfide) groups is 2. The number of nitrogens with zero attached hydrogens (tertiary/aromatic N) is 1. The fourth-order valence-electron chi connectivity index (χ4n) is 1.82. The van der Waals surface area contributed by atoms with Gasteiger partial charge in [-0.15, -0.1) is 23.1 Å². The van der Waals surface area contributed by atoms with Crippen molar-refractivity contribution in [3.05, 3.63) is 16.1 Å². The molecule has 1 aromatic heterocycles. The van der Waals surface area contributed by atoms with Gasteiger partial charge in [-0.1, -0.05) is 13.8 Å². The van der Waals surface area contributed by atoms with Crippen LogP contribution in [0.1, 0.15) is 49.8 Å². The molecule has 3 unspecified atom stereocenters. The van der Waals surface area contributed by atoms with Crippen LogP contribution in [0.15, 0.2) is 6.20 Å². The Morgan fingerprint density at radius 1 is 1.32 bits per heavy atom. The van der Waals surface area contributed by atoms with Crippen LogP contribution in [0.4, 0.5) is 0 Å². The van der Waals surface area contributed by atoms with Crippen LogP contribution in [-0.2, 0) is 6.54 Å². The number of aromatic nitrogens is 1. The predicted octanol–water partition coefficient (Wildman–Crippen LogP) is 4.33. The van der Waals surface area contributed by atoms with Gasteiger partial charge < -0.3 is 5.32 Å². The summed E-state index contributed by atoms with van der Waals surface area (Å²) >= 11 is 6.05. The summed E-state index contributed by atoms with van der Waals surface area (Å²) < 4.78 is 0. The Morgan fingerprint density at radius 2 is 2.05 bits per heavy atom. The molecule has 1 aliphatic heterocycles. The van der Waals surface area contributed by atoms with E-state index in [0.29, 0.717) is 5.25 Å². The third-order valence-electron chi connectivity index (χ3n) is 3.19. The second kappa shape index (κ2) is 6.37. The van der Waals surface area contributed by atoms with E-state index < -0.39 is 0 Å². The summed E-state index contributed by atoms with van der Waals surface area (Å²) in [6.07, 6.45) is 2.05. The lowest BCUT2D eigenvalue weighted by atomic mass is 10.1. The average Bonchev–Trinajstić information content (AvgIpc) is 2.78. The Hall–Kier alpha value is 0.290. The molecular weight excluding hydrogens is 292 g/mol. The fraction of sp³-hybridized carbons (Fsp3) is 0.786. The molecule has 2 nitrogen and oxygen atoms in total. The zero-order valence-electron chi connectivity index (χ0n) is 12.4.